The predicted molar refractivity (Wildman–Crippen MR) is 61.2 cm³/mol. The second kappa shape index (κ2) is 4.89. The maximum Gasteiger partial charge on any atom is 0.260 e. The van der Waals surface area contributed by atoms with Crippen LogP contribution in [-0.2, 0) is 13.0 Å². The molecule has 2 rings (SSSR count). The lowest BCUT2D eigenvalue weighted by Gasteiger charge is -1.99. The van der Waals surface area contributed by atoms with Gasteiger partial charge < -0.3 is 10.3 Å². The number of carbonyl (C=O) groups excluding carboxylic acids is 1. The minimum Gasteiger partial charge on any atom is -0.365 e. The standard InChI is InChI=1S/C10H12N4OS/c11-10(15)8-6-13-9(16-8)2-1-4-14-5-3-12-7-14/h3,5-7H,1-2,4H2,(H2,11,15). The summed E-state index contributed by atoms with van der Waals surface area (Å²) in [5.41, 5.74) is 5.15. The molecule has 6 heteroatoms. The predicted octanol–water partition coefficient (Wildman–Crippen LogP) is 1.07. The van der Waals surface area contributed by atoms with Crippen molar-refractivity contribution in [2.24, 2.45) is 5.73 Å². The first kappa shape index (κ1) is 10.8. The third-order valence-corrected chi connectivity index (χ3v) is 3.23. The molecule has 0 unspecified atom stereocenters. The van der Waals surface area contributed by atoms with Crippen LogP contribution < -0.4 is 5.73 Å². The van der Waals surface area contributed by atoms with E-state index in [9.17, 15) is 4.79 Å². The van der Waals surface area contributed by atoms with E-state index < -0.39 is 5.91 Å². The molecule has 0 aliphatic carbocycles. The van der Waals surface area contributed by atoms with Gasteiger partial charge in [-0.25, -0.2) is 9.97 Å². The molecule has 0 bridgehead atoms. The van der Waals surface area contributed by atoms with Crippen LogP contribution in [0.4, 0.5) is 0 Å². The Hall–Kier alpha value is -1.69. The average Bonchev–Trinajstić information content (AvgIpc) is 2.87. The lowest BCUT2D eigenvalue weighted by atomic mass is 10.3. The Balaban J connectivity index is 1.83. The number of amides is 1. The number of carbonyl (C=O) groups is 1. The summed E-state index contributed by atoms with van der Waals surface area (Å²) >= 11 is 1.37. The number of rotatable bonds is 5. The monoisotopic (exact) mass is 236 g/mol. The maximum atomic E-state index is 10.9. The van der Waals surface area contributed by atoms with Crippen LogP contribution in [0.25, 0.3) is 0 Å². The van der Waals surface area contributed by atoms with Crippen molar-refractivity contribution in [1.29, 1.82) is 0 Å². The van der Waals surface area contributed by atoms with Crippen LogP contribution in [0.2, 0.25) is 0 Å². The van der Waals surface area contributed by atoms with Gasteiger partial charge in [-0.2, -0.15) is 0 Å². The SMILES string of the molecule is NC(=O)c1cnc(CCCn2ccnc2)s1. The van der Waals surface area contributed by atoms with Crippen LogP contribution in [0.5, 0.6) is 0 Å². The maximum absolute atomic E-state index is 10.9. The van der Waals surface area contributed by atoms with Crippen LogP contribution >= 0.6 is 11.3 Å². The first-order valence-corrected chi connectivity index (χ1v) is 5.77. The van der Waals surface area contributed by atoms with E-state index in [4.69, 9.17) is 5.73 Å². The molecule has 84 valence electrons. The minimum absolute atomic E-state index is 0.404. The van der Waals surface area contributed by atoms with Crippen LogP contribution in [0.3, 0.4) is 0 Å². The van der Waals surface area contributed by atoms with E-state index in [1.165, 1.54) is 11.3 Å². The van der Waals surface area contributed by atoms with Crippen molar-refractivity contribution in [2.75, 3.05) is 0 Å². The fraction of sp³-hybridized carbons (Fsp3) is 0.300. The third-order valence-electron chi connectivity index (χ3n) is 2.16. The third kappa shape index (κ3) is 2.66. The lowest BCUT2D eigenvalue weighted by molar-refractivity contribution is 0.100. The highest BCUT2D eigenvalue weighted by atomic mass is 32.1. The van der Waals surface area contributed by atoms with Crippen molar-refractivity contribution >= 4 is 17.2 Å². The molecule has 2 aromatic heterocycles. The van der Waals surface area contributed by atoms with E-state index >= 15 is 0 Å². The summed E-state index contributed by atoms with van der Waals surface area (Å²) in [6.45, 7) is 0.908. The number of thiazole rings is 1. The highest BCUT2D eigenvalue weighted by Crippen LogP contribution is 2.14. The Morgan fingerprint density at radius 2 is 2.44 bits per heavy atom. The average molecular weight is 236 g/mol. The van der Waals surface area contributed by atoms with Crippen molar-refractivity contribution in [2.45, 2.75) is 19.4 Å². The smallest absolute Gasteiger partial charge is 0.260 e. The molecule has 2 N–H and O–H groups in total. The molecule has 16 heavy (non-hydrogen) atoms. The van der Waals surface area contributed by atoms with Gasteiger partial charge in [-0.05, 0) is 6.42 Å². The summed E-state index contributed by atoms with van der Waals surface area (Å²) in [7, 11) is 0. The van der Waals surface area contributed by atoms with Gasteiger partial charge >= 0.3 is 0 Å². The number of aromatic nitrogens is 3. The molecule has 0 atom stereocenters. The van der Waals surface area contributed by atoms with Crippen LogP contribution in [0.1, 0.15) is 21.1 Å². The van der Waals surface area contributed by atoms with Gasteiger partial charge in [0, 0.05) is 25.4 Å². The minimum atomic E-state index is -0.404. The Labute approximate surface area is 96.9 Å². The summed E-state index contributed by atoms with van der Waals surface area (Å²) in [5, 5.41) is 0.953. The molecule has 0 aliphatic heterocycles. The van der Waals surface area contributed by atoms with Crippen molar-refractivity contribution in [3.05, 3.63) is 34.8 Å². The molecule has 2 heterocycles. The van der Waals surface area contributed by atoms with Gasteiger partial charge in [0.05, 0.1) is 17.5 Å². The topological polar surface area (TPSA) is 73.8 Å². The molecule has 5 nitrogen and oxygen atoms in total. The summed E-state index contributed by atoms with van der Waals surface area (Å²) in [6.07, 6.45) is 8.85. The van der Waals surface area contributed by atoms with Gasteiger partial charge in [-0.15, -0.1) is 11.3 Å². The quantitative estimate of drug-likeness (QED) is 0.843. The number of hydrogen-bond acceptors (Lipinski definition) is 4. The molecule has 0 aromatic carbocycles. The summed E-state index contributed by atoms with van der Waals surface area (Å²) < 4.78 is 2.02. The Morgan fingerprint density at radius 3 is 3.06 bits per heavy atom. The van der Waals surface area contributed by atoms with Crippen LogP contribution in [-0.4, -0.2) is 20.4 Å². The van der Waals surface area contributed by atoms with Gasteiger partial charge in [0.15, 0.2) is 0 Å². The first-order chi connectivity index (χ1) is 7.75. The van der Waals surface area contributed by atoms with Crippen LogP contribution in [0, 0.1) is 0 Å². The normalized spacial score (nSPS) is 10.5. The first-order valence-electron chi connectivity index (χ1n) is 4.96. The largest absolute Gasteiger partial charge is 0.365 e. The van der Waals surface area contributed by atoms with E-state index in [2.05, 4.69) is 9.97 Å². The number of aryl methyl sites for hydroxylation is 2. The Bertz CT molecular complexity index is 463. The molecule has 1 amide bonds. The molecule has 0 saturated carbocycles. The van der Waals surface area contributed by atoms with E-state index in [1.807, 2.05) is 10.8 Å². The van der Waals surface area contributed by atoms with Crippen molar-refractivity contribution in [3.8, 4) is 0 Å². The molecule has 0 fully saturated rings. The van der Waals surface area contributed by atoms with E-state index in [1.54, 1.807) is 18.7 Å². The Morgan fingerprint density at radius 1 is 1.56 bits per heavy atom. The van der Waals surface area contributed by atoms with Crippen molar-refractivity contribution < 1.29 is 4.79 Å². The number of nitrogens with two attached hydrogens (primary N) is 1. The van der Waals surface area contributed by atoms with E-state index in [0.29, 0.717) is 4.88 Å². The molecule has 0 radical (unpaired) electrons. The highest BCUT2D eigenvalue weighted by molar-refractivity contribution is 7.13. The van der Waals surface area contributed by atoms with Gasteiger partial charge in [0.1, 0.15) is 4.88 Å². The number of primary amides is 1. The zero-order valence-corrected chi connectivity index (χ0v) is 9.48. The number of imidazole rings is 1. The summed E-state index contributed by atoms with van der Waals surface area (Å²) in [4.78, 5) is 19.5. The number of nitrogens with zero attached hydrogens (tertiary/aromatic N) is 3. The zero-order valence-electron chi connectivity index (χ0n) is 8.67. The molecule has 0 saturated heterocycles. The lowest BCUT2D eigenvalue weighted by Crippen LogP contribution is -2.08. The zero-order chi connectivity index (χ0) is 11.4. The highest BCUT2D eigenvalue weighted by Gasteiger charge is 2.06. The van der Waals surface area contributed by atoms with E-state index in [-0.39, 0.29) is 0 Å². The molecular formula is C10H12N4OS. The number of hydrogen-bond donors (Lipinski definition) is 1. The molecule has 0 aliphatic rings. The summed E-state index contributed by atoms with van der Waals surface area (Å²) in [5.74, 6) is -0.404. The Kier molecular flexibility index (Phi) is 3.31. The van der Waals surface area contributed by atoms with Crippen molar-refractivity contribution in [3.63, 3.8) is 0 Å². The molecule has 0 spiro atoms. The fourth-order valence-corrected chi connectivity index (χ4v) is 2.18. The second-order valence-corrected chi connectivity index (χ2v) is 4.50. The van der Waals surface area contributed by atoms with Crippen molar-refractivity contribution in [1.82, 2.24) is 14.5 Å². The molecule has 2 aromatic rings. The molecular weight excluding hydrogens is 224 g/mol. The van der Waals surface area contributed by atoms with E-state index in [0.717, 1.165) is 24.4 Å². The summed E-state index contributed by atoms with van der Waals surface area (Å²) in [6, 6.07) is 0. The van der Waals surface area contributed by atoms with Gasteiger partial charge in [0.25, 0.3) is 5.91 Å². The fourth-order valence-electron chi connectivity index (χ4n) is 1.37. The second-order valence-electron chi connectivity index (χ2n) is 3.39. The van der Waals surface area contributed by atoms with Crippen LogP contribution in [0.15, 0.2) is 24.9 Å². The van der Waals surface area contributed by atoms with Gasteiger partial charge in [-0.3, -0.25) is 4.79 Å². The van der Waals surface area contributed by atoms with Gasteiger partial charge in [-0.1, -0.05) is 0 Å². The van der Waals surface area contributed by atoms with Gasteiger partial charge in [0.2, 0.25) is 0 Å².